The Hall–Kier alpha value is -2.11. The molecule has 2 atom stereocenters. The van der Waals surface area contributed by atoms with E-state index in [9.17, 15) is 4.21 Å². The van der Waals surface area contributed by atoms with E-state index in [-0.39, 0.29) is 5.92 Å². The minimum absolute atomic E-state index is 0.252. The fourth-order valence-corrected chi connectivity index (χ4v) is 4.96. The van der Waals surface area contributed by atoms with E-state index in [1.165, 1.54) is 5.56 Å². The van der Waals surface area contributed by atoms with Crippen molar-refractivity contribution in [3.8, 4) is 0 Å². The van der Waals surface area contributed by atoms with E-state index in [0.29, 0.717) is 12.3 Å². The number of aromatic amines is 1. The highest BCUT2D eigenvalue weighted by Gasteiger charge is 2.27. The molecule has 3 aromatic rings. The quantitative estimate of drug-likeness (QED) is 0.747. The predicted molar refractivity (Wildman–Crippen MR) is 90.6 cm³/mol. The Kier molecular flexibility index (Phi) is 3.24. The van der Waals surface area contributed by atoms with Crippen LogP contribution >= 0.6 is 0 Å². The molecular weight excluding hydrogens is 294 g/mol. The molecule has 2 heterocycles. The van der Waals surface area contributed by atoms with Gasteiger partial charge in [0, 0.05) is 29.6 Å². The zero-order valence-electron chi connectivity index (χ0n) is 12.0. The number of H-pyrrole nitrogens is 1. The summed E-state index contributed by atoms with van der Waals surface area (Å²) in [6.07, 6.45) is 1.83. The summed E-state index contributed by atoms with van der Waals surface area (Å²) in [6.45, 7) is 0.703. The van der Waals surface area contributed by atoms with Gasteiger partial charge in [0.2, 0.25) is 0 Å². The number of rotatable bonds is 2. The first-order valence-electron chi connectivity index (χ1n) is 7.34. The molecule has 2 unspecified atom stereocenters. The van der Waals surface area contributed by atoms with Crippen molar-refractivity contribution in [2.45, 2.75) is 5.92 Å². The van der Waals surface area contributed by atoms with E-state index in [0.717, 1.165) is 16.6 Å². The number of hydrogen-bond donors (Lipinski definition) is 2. The fourth-order valence-electron chi connectivity index (χ4n) is 2.92. The number of hydrogen-bond acceptors (Lipinski definition) is 2. The number of nitrogens with one attached hydrogen (secondary N) is 2. The highest BCUT2D eigenvalue weighted by molar-refractivity contribution is 7.92. The van der Waals surface area contributed by atoms with Gasteiger partial charge >= 0.3 is 0 Å². The molecule has 4 nitrogen and oxygen atoms in total. The molecule has 2 N–H and O–H groups in total. The van der Waals surface area contributed by atoms with Crippen LogP contribution < -0.4 is 4.72 Å². The van der Waals surface area contributed by atoms with Crippen molar-refractivity contribution in [1.29, 1.82) is 0 Å². The van der Waals surface area contributed by atoms with E-state index in [1.807, 2.05) is 48.7 Å². The molecule has 22 heavy (non-hydrogen) atoms. The third-order valence-corrected chi connectivity index (χ3v) is 6.03. The SMILES string of the molecule is O=S1(=Nc2c[nH]c3ccccc23)CC(c2ccccc2)CN1. The Balaban J connectivity index is 1.69. The Morgan fingerprint density at radius 1 is 1.05 bits per heavy atom. The van der Waals surface area contributed by atoms with Crippen molar-refractivity contribution in [3.63, 3.8) is 0 Å². The summed E-state index contributed by atoms with van der Waals surface area (Å²) < 4.78 is 20.7. The minimum atomic E-state index is -2.41. The highest BCUT2D eigenvalue weighted by Crippen LogP contribution is 2.29. The molecule has 2 aromatic carbocycles. The van der Waals surface area contributed by atoms with Crippen molar-refractivity contribution in [1.82, 2.24) is 9.71 Å². The van der Waals surface area contributed by atoms with Crippen molar-refractivity contribution in [3.05, 3.63) is 66.4 Å². The lowest BCUT2D eigenvalue weighted by molar-refractivity contribution is 0.675. The second kappa shape index (κ2) is 5.26. The van der Waals surface area contributed by atoms with Crippen molar-refractivity contribution in [2.75, 3.05) is 12.3 Å². The van der Waals surface area contributed by atoms with Gasteiger partial charge in [-0.05, 0) is 11.6 Å². The minimum Gasteiger partial charge on any atom is -0.359 e. The van der Waals surface area contributed by atoms with Gasteiger partial charge in [-0.3, -0.25) is 0 Å². The van der Waals surface area contributed by atoms with Gasteiger partial charge in [0.15, 0.2) is 0 Å². The predicted octanol–water partition coefficient (Wildman–Crippen LogP) is 3.57. The fraction of sp³-hybridized carbons (Fsp3) is 0.176. The van der Waals surface area contributed by atoms with E-state index in [4.69, 9.17) is 0 Å². The molecule has 5 heteroatoms. The molecule has 0 radical (unpaired) electrons. The zero-order valence-corrected chi connectivity index (χ0v) is 12.8. The molecule has 1 aliphatic rings. The normalized spacial score (nSPS) is 24.6. The molecule has 112 valence electrons. The molecular formula is C17H17N3OS. The summed E-state index contributed by atoms with van der Waals surface area (Å²) in [7, 11) is -2.41. The van der Waals surface area contributed by atoms with Gasteiger partial charge in [-0.2, -0.15) is 4.36 Å². The van der Waals surface area contributed by atoms with Gasteiger partial charge in [0.1, 0.15) is 9.92 Å². The first-order valence-corrected chi connectivity index (χ1v) is 9.02. The zero-order chi connectivity index (χ0) is 15.0. The van der Waals surface area contributed by atoms with Gasteiger partial charge in [-0.25, -0.2) is 8.93 Å². The van der Waals surface area contributed by atoms with Crippen LogP contribution in [0.1, 0.15) is 11.5 Å². The summed E-state index contributed by atoms with van der Waals surface area (Å²) in [5, 5.41) is 1.01. The summed E-state index contributed by atoms with van der Waals surface area (Å²) in [6, 6.07) is 18.1. The molecule has 1 fully saturated rings. The maximum absolute atomic E-state index is 13.0. The second-order valence-electron chi connectivity index (χ2n) is 5.57. The number of nitrogens with zero attached hydrogens (tertiary/aromatic N) is 1. The number of para-hydroxylation sites is 1. The molecule has 0 amide bonds. The standard InChI is InChI=1S/C17H17N3OS/c21-22(12-14(10-19-22)13-6-2-1-3-7-13)20-17-11-18-16-9-5-4-8-15(16)17/h1-9,11,14,18H,10,12H2,(H,19,20,21). The first kappa shape index (κ1) is 13.5. The van der Waals surface area contributed by atoms with Crippen LogP contribution in [-0.2, 0) is 9.92 Å². The van der Waals surface area contributed by atoms with Gasteiger partial charge in [-0.1, -0.05) is 48.5 Å². The average Bonchev–Trinajstić information content (AvgIpc) is 3.13. The van der Waals surface area contributed by atoms with Gasteiger partial charge in [0.05, 0.1) is 11.4 Å². The van der Waals surface area contributed by atoms with Crippen LogP contribution in [0.15, 0.2) is 65.2 Å². The third-order valence-electron chi connectivity index (χ3n) is 4.07. The lowest BCUT2D eigenvalue weighted by atomic mass is 10.0. The van der Waals surface area contributed by atoms with Crippen LogP contribution in [0, 0.1) is 0 Å². The summed E-state index contributed by atoms with van der Waals surface area (Å²) in [4.78, 5) is 3.18. The van der Waals surface area contributed by atoms with Crippen LogP contribution in [0.25, 0.3) is 10.9 Å². The van der Waals surface area contributed by atoms with Crippen LogP contribution in [0.5, 0.6) is 0 Å². The van der Waals surface area contributed by atoms with Crippen molar-refractivity contribution < 1.29 is 4.21 Å². The Labute approximate surface area is 129 Å². The van der Waals surface area contributed by atoms with Crippen molar-refractivity contribution in [2.24, 2.45) is 4.36 Å². The maximum atomic E-state index is 13.0. The molecule has 1 aromatic heterocycles. The van der Waals surface area contributed by atoms with Crippen LogP contribution in [0.2, 0.25) is 0 Å². The summed E-state index contributed by atoms with van der Waals surface area (Å²) in [5.41, 5.74) is 3.00. The highest BCUT2D eigenvalue weighted by atomic mass is 32.2. The molecule has 0 bridgehead atoms. The first-order chi connectivity index (χ1) is 10.7. The summed E-state index contributed by atoms with van der Waals surface area (Å²) in [5.74, 6) is 0.805. The van der Waals surface area contributed by atoms with E-state index >= 15 is 0 Å². The smallest absolute Gasteiger partial charge is 0.113 e. The summed E-state index contributed by atoms with van der Waals surface area (Å²) >= 11 is 0. The molecule has 0 spiro atoms. The Morgan fingerprint density at radius 3 is 2.68 bits per heavy atom. The van der Waals surface area contributed by atoms with E-state index in [1.54, 1.807) is 0 Å². The largest absolute Gasteiger partial charge is 0.359 e. The lowest BCUT2D eigenvalue weighted by Gasteiger charge is -2.06. The number of aromatic nitrogens is 1. The van der Waals surface area contributed by atoms with Crippen LogP contribution in [0.3, 0.4) is 0 Å². The van der Waals surface area contributed by atoms with E-state index in [2.05, 4.69) is 26.2 Å². The molecule has 0 saturated carbocycles. The molecule has 1 saturated heterocycles. The number of benzene rings is 2. The molecule has 0 aliphatic carbocycles. The van der Waals surface area contributed by atoms with Gasteiger partial charge in [0.25, 0.3) is 0 Å². The average molecular weight is 311 g/mol. The molecule has 4 rings (SSSR count). The maximum Gasteiger partial charge on any atom is 0.113 e. The van der Waals surface area contributed by atoms with Crippen LogP contribution in [-0.4, -0.2) is 21.5 Å². The van der Waals surface area contributed by atoms with Crippen molar-refractivity contribution >= 4 is 26.5 Å². The Morgan fingerprint density at radius 2 is 1.82 bits per heavy atom. The topological polar surface area (TPSA) is 57.2 Å². The Bertz CT molecular complexity index is 923. The van der Waals surface area contributed by atoms with Crippen LogP contribution in [0.4, 0.5) is 5.69 Å². The second-order valence-corrected chi connectivity index (χ2v) is 7.66. The number of fused-ring (bicyclic) bond motifs is 1. The lowest BCUT2D eigenvalue weighted by Crippen LogP contribution is -2.15. The molecule has 1 aliphatic heterocycles. The van der Waals surface area contributed by atoms with Gasteiger partial charge in [-0.15, -0.1) is 0 Å². The van der Waals surface area contributed by atoms with Gasteiger partial charge < -0.3 is 4.98 Å². The monoisotopic (exact) mass is 311 g/mol. The third kappa shape index (κ3) is 2.42. The van der Waals surface area contributed by atoms with E-state index < -0.39 is 9.92 Å².